The van der Waals surface area contributed by atoms with Crippen molar-refractivity contribution in [2.75, 3.05) is 6.61 Å². The van der Waals surface area contributed by atoms with E-state index < -0.39 is 0 Å². The van der Waals surface area contributed by atoms with Crippen LogP contribution >= 0.6 is 0 Å². The minimum absolute atomic E-state index is 0.0552. The Balaban J connectivity index is 2.00. The highest BCUT2D eigenvalue weighted by Crippen LogP contribution is 2.46. The number of hydrogen-bond acceptors (Lipinski definition) is 2. The second-order valence-corrected chi connectivity index (χ2v) is 7.05. The topological polar surface area (TPSA) is 33.4 Å². The molecule has 0 atom stereocenters. The van der Waals surface area contributed by atoms with Crippen LogP contribution in [0.2, 0.25) is 0 Å². The quantitative estimate of drug-likeness (QED) is 0.878. The molecule has 1 heterocycles. The summed E-state index contributed by atoms with van der Waals surface area (Å²) in [6, 6.07) is 3.95. The molecule has 0 saturated heterocycles. The molecule has 2 rings (SSSR count). The lowest BCUT2D eigenvalue weighted by Gasteiger charge is -2.43. The zero-order valence-corrected chi connectivity index (χ0v) is 11.9. The third kappa shape index (κ3) is 2.97. The molecule has 0 aromatic carbocycles. The fourth-order valence-corrected chi connectivity index (χ4v) is 3.27. The maximum Gasteiger partial charge on any atom is 0.104 e. The highest BCUT2D eigenvalue weighted by Gasteiger charge is 2.38. The molecule has 0 spiro atoms. The van der Waals surface area contributed by atoms with E-state index in [9.17, 15) is 5.11 Å². The summed E-state index contributed by atoms with van der Waals surface area (Å²) in [5.74, 6) is 1.80. The molecule has 1 aromatic heterocycles. The number of furan rings is 1. The van der Waals surface area contributed by atoms with E-state index in [2.05, 4.69) is 20.8 Å². The SMILES string of the molecule is CC(C)(C)C1CCC(CO)(Cc2ccco2)CC1. The van der Waals surface area contributed by atoms with Gasteiger partial charge in [-0.2, -0.15) is 0 Å². The molecule has 0 unspecified atom stereocenters. The molecule has 2 nitrogen and oxygen atoms in total. The first-order valence-electron chi connectivity index (χ1n) is 7.08. The van der Waals surface area contributed by atoms with Crippen molar-refractivity contribution >= 4 is 0 Å². The summed E-state index contributed by atoms with van der Waals surface area (Å²) in [4.78, 5) is 0. The second kappa shape index (κ2) is 5.08. The highest BCUT2D eigenvalue weighted by molar-refractivity contribution is 5.03. The van der Waals surface area contributed by atoms with Crippen LogP contribution in [0, 0.1) is 16.7 Å². The van der Waals surface area contributed by atoms with Gasteiger partial charge in [-0.15, -0.1) is 0 Å². The molecule has 0 amide bonds. The third-order valence-corrected chi connectivity index (χ3v) is 4.74. The van der Waals surface area contributed by atoms with Gasteiger partial charge >= 0.3 is 0 Å². The zero-order valence-electron chi connectivity index (χ0n) is 11.9. The van der Waals surface area contributed by atoms with Crippen LogP contribution in [0.4, 0.5) is 0 Å². The minimum Gasteiger partial charge on any atom is -0.469 e. The Bertz CT molecular complexity index is 351. The first-order valence-corrected chi connectivity index (χ1v) is 7.08. The van der Waals surface area contributed by atoms with Crippen LogP contribution in [0.1, 0.15) is 52.2 Å². The van der Waals surface area contributed by atoms with Crippen LogP contribution in [0.3, 0.4) is 0 Å². The molecule has 1 saturated carbocycles. The number of hydrogen-bond donors (Lipinski definition) is 1. The number of aliphatic hydroxyl groups is 1. The molecule has 0 aliphatic heterocycles. The maximum atomic E-state index is 9.79. The van der Waals surface area contributed by atoms with Gasteiger partial charge in [-0.05, 0) is 49.1 Å². The van der Waals surface area contributed by atoms with E-state index in [-0.39, 0.29) is 12.0 Å². The van der Waals surface area contributed by atoms with E-state index in [1.54, 1.807) is 6.26 Å². The van der Waals surface area contributed by atoms with Crippen LogP contribution in [0.25, 0.3) is 0 Å². The second-order valence-electron chi connectivity index (χ2n) is 7.05. The van der Waals surface area contributed by atoms with E-state index >= 15 is 0 Å². The van der Waals surface area contributed by atoms with Gasteiger partial charge in [-0.1, -0.05) is 20.8 Å². The molecule has 1 fully saturated rings. The Labute approximate surface area is 110 Å². The van der Waals surface area contributed by atoms with Crippen LogP contribution in [0.5, 0.6) is 0 Å². The average Bonchev–Trinajstić information content (AvgIpc) is 2.81. The van der Waals surface area contributed by atoms with E-state index in [0.717, 1.165) is 30.9 Å². The van der Waals surface area contributed by atoms with Crippen LogP contribution < -0.4 is 0 Å². The van der Waals surface area contributed by atoms with Crippen molar-refractivity contribution in [3.05, 3.63) is 24.2 Å². The van der Waals surface area contributed by atoms with Gasteiger partial charge in [0.1, 0.15) is 5.76 Å². The lowest BCUT2D eigenvalue weighted by atomic mass is 9.63. The lowest BCUT2D eigenvalue weighted by molar-refractivity contribution is 0.0334. The van der Waals surface area contributed by atoms with Gasteiger partial charge in [-0.3, -0.25) is 0 Å². The van der Waals surface area contributed by atoms with E-state index in [1.165, 1.54) is 12.8 Å². The van der Waals surface area contributed by atoms with E-state index in [4.69, 9.17) is 4.42 Å². The zero-order chi connectivity index (χ0) is 13.2. The largest absolute Gasteiger partial charge is 0.469 e. The van der Waals surface area contributed by atoms with E-state index in [0.29, 0.717) is 5.41 Å². The van der Waals surface area contributed by atoms with Crippen molar-refractivity contribution in [1.82, 2.24) is 0 Å². The predicted molar refractivity (Wildman–Crippen MR) is 73.3 cm³/mol. The Kier molecular flexibility index (Phi) is 3.86. The van der Waals surface area contributed by atoms with Crippen molar-refractivity contribution in [1.29, 1.82) is 0 Å². The Morgan fingerprint density at radius 1 is 1.33 bits per heavy atom. The van der Waals surface area contributed by atoms with Gasteiger partial charge in [0.25, 0.3) is 0 Å². The Hall–Kier alpha value is -0.760. The Morgan fingerprint density at radius 3 is 2.44 bits per heavy atom. The summed E-state index contributed by atoms with van der Waals surface area (Å²) in [5.41, 5.74) is 0.450. The lowest BCUT2D eigenvalue weighted by Crippen LogP contribution is -2.36. The predicted octanol–water partition coefficient (Wildman–Crippen LogP) is 4.04. The fourth-order valence-electron chi connectivity index (χ4n) is 3.27. The fraction of sp³-hybridized carbons (Fsp3) is 0.750. The molecule has 1 aliphatic rings. The molecule has 102 valence electrons. The average molecular weight is 250 g/mol. The van der Waals surface area contributed by atoms with Gasteiger partial charge in [-0.25, -0.2) is 0 Å². The van der Waals surface area contributed by atoms with Gasteiger partial charge in [0.05, 0.1) is 6.26 Å². The molecule has 0 bridgehead atoms. The molecule has 1 aliphatic carbocycles. The van der Waals surface area contributed by atoms with Gasteiger partial charge in [0.2, 0.25) is 0 Å². The smallest absolute Gasteiger partial charge is 0.104 e. The van der Waals surface area contributed by atoms with Gasteiger partial charge in [0, 0.05) is 18.4 Å². The van der Waals surface area contributed by atoms with Crippen molar-refractivity contribution in [2.45, 2.75) is 52.9 Å². The molecular formula is C16H26O2. The first kappa shape index (κ1) is 13.7. The first-order chi connectivity index (χ1) is 8.45. The summed E-state index contributed by atoms with van der Waals surface area (Å²) in [5, 5.41) is 9.79. The third-order valence-electron chi connectivity index (χ3n) is 4.74. The summed E-state index contributed by atoms with van der Waals surface area (Å²) in [6.07, 6.45) is 7.29. The summed E-state index contributed by atoms with van der Waals surface area (Å²) in [7, 11) is 0. The summed E-state index contributed by atoms with van der Waals surface area (Å²) >= 11 is 0. The summed E-state index contributed by atoms with van der Waals surface area (Å²) in [6.45, 7) is 7.27. The number of rotatable bonds is 3. The van der Waals surface area contributed by atoms with Crippen LogP contribution in [-0.4, -0.2) is 11.7 Å². The monoisotopic (exact) mass is 250 g/mol. The Morgan fingerprint density at radius 2 is 2.00 bits per heavy atom. The molecular weight excluding hydrogens is 224 g/mol. The molecule has 2 heteroatoms. The minimum atomic E-state index is 0.0552. The highest BCUT2D eigenvalue weighted by atomic mass is 16.3. The van der Waals surface area contributed by atoms with Gasteiger partial charge < -0.3 is 9.52 Å². The standard InChI is InChI=1S/C16H26O2/c1-15(2,3)13-6-8-16(12-17,9-7-13)11-14-5-4-10-18-14/h4-5,10,13,17H,6-9,11-12H2,1-3H3. The van der Waals surface area contributed by atoms with Crippen LogP contribution in [0.15, 0.2) is 22.8 Å². The van der Waals surface area contributed by atoms with Crippen molar-refractivity contribution in [3.8, 4) is 0 Å². The van der Waals surface area contributed by atoms with Crippen molar-refractivity contribution in [2.24, 2.45) is 16.7 Å². The number of aliphatic hydroxyl groups excluding tert-OH is 1. The molecule has 18 heavy (non-hydrogen) atoms. The normalized spacial score (nSPS) is 29.4. The molecule has 0 radical (unpaired) electrons. The van der Waals surface area contributed by atoms with Crippen molar-refractivity contribution < 1.29 is 9.52 Å². The maximum absolute atomic E-state index is 9.79. The molecule has 1 N–H and O–H groups in total. The van der Waals surface area contributed by atoms with Gasteiger partial charge in [0.15, 0.2) is 0 Å². The summed E-state index contributed by atoms with van der Waals surface area (Å²) < 4.78 is 5.45. The van der Waals surface area contributed by atoms with E-state index in [1.807, 2.05) is 12.1 Å². The molecule has 1 aromatic rings. The van der Waals surface area contributed by atoms with Crippen molar-refractivity contribution in [3.63, 3.8) is 0 Å². The van der Waals surface area contributed by atoms with Crippen LogP contribution in [-0.2, 0) is 6.42 Å².